The Bertz CT molecular complexity index is 839. The number of carbonyl (C=O) groups is 3. The van der Waals surface area contributed by atoms with E-state index in [1.165, 1.54) is 161 Å². The summed E-state index contributed by atoms with van der Waals surface area (Å²) in [5, 5.41) is 0. The molecule has 1 unspecified atom stereocenters. The van der Waals surface area contributed by atoms with Gasteiger partial charge in [0.15, 0.2) is 6.10 Å². The highest BCUT2D eigenvalue weighted by molar-refractivity contribution is 5.71. The highest BCUT2D eigenvalue weighted by atomic mass is 16.6. The zero-order chi connectivity index (χ0) is 39.4. The standard InChI is InChI=1S/C48H90O6/c1-4-7-10-13-16-18-20-22-23-24-25-27-28-30-32-35-38-41-47(50)53-44-45(43-52-46(49)40-37-34-15-12-9-6-3)54-48(51)42-39-36-33-31-29-26-21-19-17-14-11-8-5-2/h22-23,45H,4-21,24-44H2,1-3H3/b23-22-. The third kappa shape index (κ3) is 41.3. The Hall–Kier alpha value is -1.85. The minimum Gasteiger partial charge on any atom is -0.462 e. The minimum absolute atomic E-state index is 0.0682. The second-order valence-corrected chi connectivity index (χ2v) is 16.0. The Morgan fingerprint density at radius 3 is 0.926 bits per heavy atom. The van der Waals surface area contributed by atoms with Crippen LogP contribution in [0.5, 0.6) is 0 Å². The Kier molecular flexibility index (Phi) is 42.4. The van der Waals surface area contributed by atoms with Crippen LogP contribution >= 0.6 is 0 Å². The van der Waals surface area contributed by atoms with Crippen molar-refractivity contribution in [2.75, 3.05) is 13.2 Å². The lowest BCUT2D eigenvalue weighted by atomic mass is 10.0. The predicted molar refractivity (Wildman–Crippen MR) is 229 cm³/mol. The summed E-state index contributed by atoms with van der Waals surface area (Å²) in [5.74, 6) is -0.872. The first-order chi connectivity index (χ1) is 26.5. The van der Waals surface area contributed by atoms with E-state index in [2.05, 4.69) is 32.9 Å². The summed E-state index contributed by atoms with van der Waals surface area (Å²) in [6.07, 6.45) is 46.4. The molecule has 0 radical (unpaired) electrons. The summed E-state index contributed by atoms with van der Waals surface area (Å²) in [7, 11) is 0. The van der Waals surface area contributed by atoms with E-state index in [-0.39, 0.29) is 31.1 Å². The molecule has 1 atom stereocenters. The molecule has 0 fully saturated rings. The second kappa shape index (κ2) is 43.9. The average molecular weight is 763 g/mol. The number of esters is 3. The van der Waals surface area contributed by atoms with Crippen molar-refractivity contribution in [2.24, 2.45) is 0 Å². The molecule has 0 bridgehead atoms. The zero-order valence-electron chi connectivity index (χ0n) is 36.3. The summed E-state index contributed by atoms with van der Waals surface area (Å²) in [6.45, 7) is 6.59. The molecule has 0 saturated heterocycles. The lowest BCUT2D eigenvalue weighted by Gasteiger charge is -2.18. The fourth-order valence-corrected chi connectivity index (χ4v) is 6.91. The molecule has 0 rings (SSSR count). The summed E-state index contributed by atoms with van der Waals surface area (Å²) in [5.41, 5.74) is 0. The molecule has 0 N–H and O–H groups in total. The van der Waals surface area contributed by atoms with Crippen LogP contribution in [0.1, 0.15) is 258 Å². The molecule has 0 amide bonds. The van der Waals surface area contributed by atoms with Gasteiger partial charge in [-0.25, -0.2) is 0 Å². The zero-order valence-corrected chi connectivity index (χ0v) is 36.3. The van der Waals surface area contributed by atoms with Crippen LogP contribution in [0.3, 0.4) is 0 Å². The molecular formula is C48H90O6. The monoisotopic (exact) mass is 763 g/mol. The molecule has 0 aliphatic carbocycles. The molecule has 0 aromatic carbocycles. The average Bonchev–Trinajstić information content (AvgIpc) is 3.17. The van der Waals surface area contributed by atoms with Crippen molar-refractivity contribution >= 4 is 17.9 Å². The van der Waals surface area contributed by atoms with E-state index < -0.39 is 6.10 Å². The third-order valence-electron chi connectivity index (χ3n) is 10.5. The molecule has 6 nitrogen and oxygen atoms in total. The molecular weight excluding hydrogens is 673 g/mol. The highest BCUT2D eigenvalue weighted by Crippen LogP contribution is 2.15. The van der Waals surface area contributed by atoms with Gasteiger partial charge < -0.3 is 14.2 Å². The van der Waals surface area contributed by atoms with Crippen molar-refractivity contribution in [1.82, 2.24) is 0 Å². The van der Waals surface area contributed by atoms with Gasteiger partial charge in [0.25, 0.3) is 0 Å². The number of allylic oxidation sites excluding steroid dienone is 2. The number of unbranched alkanes of at least 4 members (excludes halogenated alkanes) is 30. The van der Waals surface area contributed by atoms with Gasteiger partial charge in [-0.15, -0.1) is 0 Å². The Morgan fingerprint density at radius 2 is 0.611 bits per heavy atom. The van der Waals surface area contributed by atoms with Crippen LogP contribution in [-0.4, -0.2) is 37.2 Å². The molecule has 0 aromatic rings. The van der Waals surface area contributed by atoms with Crippen molar-refractivity contribution < 1.29 is 28.6 Å². The van der Waals surface area contributed by atoms with Gasteiger partial charge in [0, 0.05) is 19.3 Å². The molecule has 0 saturated carbocycles. The van der Waals surface area contributed by atoms with Crippen LogP contribution in [-0.2, 0) is 28.6 Å². The van der Waals surface area contributed by atoms with Gasteiger partial charge in [0.1, 0.15) is 13.2 Å². The van der Waals surface area contributed by atoms with E-state index in [1.807, 2.05) is 0 Å². The van der Waals surface area contributed by atoms with Crippen molar-refractivity contribution in [3.63, 3.8) is 0 Å². The molecule has 0 aliphatic rings. The van der Waals surface area contributed by atoms with Gasteiger partial charge in [0.05, 0.1) is 0 Å². The first kappa shape index (κ1) is 52.2. The fraction of sp³-hybridized carbons (Fsp3) is 0.896. The Labute approximate surface area is 335 Å². The number of hydrogen-bond donors (Lipinski definition) is 0. The third-order valence-corrected chi connectivity index (χ3v) is 10.5. The first-order valence-electron chi connectivity index (χ1n) is 23.7. The van der Waals surface area contributed by atoms with Gasteiger partial charge in [-0.3, -0.25) is 14.4 Å². The number of carbonyl (C=O) groups excluding carboxylic acids is 3. The van der Waals surface area contributed by atoms with Crippen molar-refractivity contribution in [3.8, 4) is 0 Å². The Balaban J connectivity index is 4.21. The number of ether oxygens (including phenoxy) is 3. The lowest BCUT2D eigenvalue weighted by Crippen LogP contribution is -2.30. The van der Waals surface area contributed by atoms with Gasteiger partial charge in [-0.05, 0) is 44.9 Å². The van der Waals surface area contributed by atoms with Gasteiger partial charge >= 0.3 is 17.9 Å². The normalized spacial score (nSPS) is 12.0. The smallest absolute Gasteiger partial charge is 0.306 e. The maximum absolute atomic E-state index is 12.7. The molecule has 318 valence electrons. The lowest BCUT2D eigenvalue weighted by molar-refractivity contribution is -0.167. The van der Waals surface area contributed by atoms with Gasteiger partial charge in [-0.2, -0.15) is 0 Å². The molecule has 6 heteroatoms. The van der Waals surface area contributed by atoms with Gasteiger partial charge in [-0.1, -0.05) is 206 Å². The Morgan fingerprint density at radius 1 is 0.352 bits per heavy atom. The van der Waals surface area contributed by atoms with E-state index in [1.54, 1.807) is 0 Å². The maximum Gasteiger partial charge on any atom is 0.306 e. The summed E-state index contributed by atoms with van der Waals surface area (Å²) >= 11 is 0. The molecule has 0 heterocycles. The van der Waals surface area contributed by atoms with Crippen molar-refractivity contribution in [3.05, 3.63) is 12.2 Å². The summed E-state index contributed by atoms with van der Waals surface area (Å²) in [6, 6.07) is 0. The SMILES string of the molecule is CCCCCCCC/C=C\CCCCCCCCCC(=O)OCC(COC(=O)CCCCCCCC)OC(=O)CCCCCCCCCCCCCCC. The van der Waals surface area contributed by atoms with Crippen LogP contribution < -0.4 is 0 Å². The first-order valence-corrected chi connectivity index (χ1v) is 23.7. The van der Waals surface area contributed by atoms with Crippen LogP contribution in [0.2, 0.25) is 0 Å². The summed E-state index contributed by atoms with van der Waals surface area (Å²) in [4.78, 5) is 37.6. The van der Waals surface area contributed by atoms with Crippen LogP contribution in [0.15, 0.2) is 12.2 Å². The highest BCUT2D eigenvalue weighted by Gasteiger charge is 2.19. The topological polar surface area (TPSA) is 78.9 Å². The van der Waals surface area contributed by atoms with E-state index in [9.17, 15) is 14.4 Å². The number of rotatable bonds is 43. The summed E-state index contributed by atoms with van der Waals surface area (Å²) < 4.78 is 16.7. The largest absolute Gasteiger partial charge is 0.462 e. The van der Waals surface area contributed by atoms with Crippen LogP contribution in [0.25, 0.3) is 0 Å². The predicted octanol–water partition coefficient (Wildman–Crippen LogP) is 15.0. The van der Waals surface area contributed by atoms with E-state index in [0.29, 0.717) is 19.3 Å². The van der Waals surface area contributed by atoms with E-state index >= 15 is 0 Å². The van der Waals surface area contributed by atoms with E-state index in [4.69, 9.17) is 14.2 Å². The van der Waals surface area contributed by atoms with Crippen molar-refractivity contribution in [2.45, 2.75) is 264 Å². The maximum atomic E-state index is 12.7. The molecule has 0 aromatic heterocycles. The molecule has 0 spiro atoms. The fourth-order valence-electron chi connectivity index (χ4n) is 6.91. The van der Waals surface area contributed by atoms with Crippen LogP contribution in [0, 0.1) is 0 Å². The van der Waals surface area contributed by atoms with Crippen LogP contribution in [0.4, 0.5) is 0 Å². The van der Waals surface area contributed by atoms with E-state index in [0.717, 1.165) is 57.8 Å². The number of hydrogen-bond acceptors (Lipinski definition) is 6. The quantitative estimate of drug-likeness (QED) is 0.0266. The molecule has 54 heavy (non-hydrogen) atoms. The second-order valence-electron chi connectivity index (χ2n) is 16.0. The molecule has 0 aliphatic heterocycles. The minimum atomic E-state index is -0.762. The van der Waals surface area contributed by atoms with Gasteiger partial charge in [0.2, 0.25) is 0 Å². The van der Waals surface area contributed by atoms with Crippen molar-refractivity contribution in [1.29, 1.82) is 0 Å².